The van der Waals surface area contributed by atoms with Gasteiger partial charge < -0.3 is 11.1 Å². The van der Waals surface area contributed by atoms with Crippen molar-refractivity contribution in [1.29, 1.82) is 0 Å². The predicted molar refractivity (Wildman–Crippen MR) is 54.6 cm³/mol. The Hall–Kier alpha value is -0.940. The highest BCUT2D eigenvalue weighted by Crippen LogP contribution is 1.95. The van der Waals surface area contributed by atoms with Crippen LogP contribution in [0, 0.1) is 0 Å². The van der Waals surface area contributed by atoms with Crippen LogP contribution in [0.15, 0.2) is 0 Å². The Bertz CT molecular complexity index is 194. The van der Waals surface area contributed by atoms with Crippen LogP contribution in [0.25, 0.3) is 0 Å². The van der Waals surface area contributed by atoms with E-state index in [0.717, 1.165) is 6.42 Å². The standard InChI is InChI=1S/C9H19N3O2/c1-3-7(8(13)4-2)11-6-12-9(14)5-10/h7,11H,3-6,10H2,1-2H3,(H,12,14)/t7-/m0/s1. The van der Waals surface area contributed by atoms with Crippen LogP contribution in [0.5, 0.6) is 0 Å². The number of Topliss-reactive ketones (excluding diaryl/α,β-unsaturated/α-hetero) is 1. The van der Waals surface area contributed by atoms with Crippen LogP contribution in [0.1, 0.15) is 26.7 Å². The normalized spacial score (nSPS) is 12.2. The summed E-state index contributed by atoms with van der Waals surface area (Å²) in [4.78, 5) is 22.0. The van der Waals surface area contributed by atoms with E-state index in [0.29, 0.717) is 13.1 Å². The fourth-order valence-corrected chi connectivity index (χ4v) is 1.08. The molecular formula is C9H19N3O2. The molecule has 82 valence electrons. The fraction of sp³-hybridized carbons (Fsp3) is 0.778. The van der Waals surface area contributed by atoms with Gasteiger partial charge in [0, 0.05) is 6.42 Å². The Labute approximate surface area is 84.4 Å². The first-order chi connectivity index (χ1) is 6.65. The number of carbonyl (C=O) groups excluding carboxylic acids is 2. The molecule has 0 bridgehead atoms. The summed E-state index contributed by atoms with van der Waals surface area (Å²) in [6.45, 7) is 4.02. The van der Waals surface area contributed by atoms with Gasteiger partial charge in [-0.05, 0) is 6.42 Å². The van der Waals surface area contributed by atoms with Crippen LogP contribution < -0.4 is 16.4 Å². The van der Waals surface area contributed by atoms with E-state index in [1.54, 1.807) is 0 Å². The Morgan fingerprint density at radius 1 is 1.36 bits per heavy atom. The van der Waals surface area contributed by atoms with Crippen LogP contribution in [0.4, 0.5) is 0 Å². The highest BCUT2D eigenvalue weighted by atomic mass is 16.2. The van der Waals surface area contributed by atoms with Gasteiger partial charge in [-0.15, -0.1) is 0 Å². The SMILES string of the molecule is CCC(=O)[C@H](CC)NCNC(=O)CN. The van der Waals surface area contributed by atoms with Gasteiger partial charge in [-0.25, -0.2) is 0 Å². The molecule has 14 heavy (non-hydrogen) atoms. The number of amides is 1. The molecule has 0 aromatic heterocycles. The molecular weight excluding hydrogens is 182 g/mol. The van der Waals surface area contributed by atoms with Gasteiger partial charge in [-0.1, -0.05) is 13.8 Å². The summed E-state index contributed by atoms with van der Waals surface area (Å²) < 4.78 is 0. The van der Waals surface area contributed by atoms with Gasteiger partial charge >= 0.3 is 0 Å². The largest absolute Gasteiger partial charge is 0.342 e. The molecule has 0 aromatic rings. The zero-order valence-electron chi connectivity index (χ0n) is 8.80. The average Bonchev–Trinajstić information content (AvgIpc) is 2.22. The summed E-state index contributed by atoms with van der Waals surface area (Å²) in [5, 5.41) is 5.50. The lowest BCUT2D eigenvalue weighted by molar-refractivity contribution is -0.122. The molecule has 5 heteroatoms. The maximum Gasteiger partial charge on any atom is 0.234 e. The van der Waals surface area contributed by atoms with Crippen molar-refractivity contribution in [2.24, 2.45) is 5.73 Å². The smallest absolute Gasteiger partial charge is 0.234 e. The van der Waals surface area contributed by atoms with Crippen molar-refractivity contribution in [3.05, 3.63) is 0 Å². The van der Waals surface area contributed by atoms with Crippen molar-refractivity contribution in [3.8, 4) is 0 Å². The maximum absolute atomic E-state index is 11.3. The third kappa shape index (κ3) is 4.94. The highest BCUT2D eigenvalue weighted by Gasteiger charge is 2.12. The summed E-state index contributed by atoms with van der Waals surface area (Å²) in [5.74, 6) is -0.0641. The van der Waals surface area contributed by atoms with E-state index in [2.05, 4.69) is 10.6 Å². The van der Waals surface area contributed by atoms with E-state index in [1.165, 1.54) is 0 Å². The van der Waals surface area contributed by atoms with E-state index >= 15 is 0 Å². The minimum atomic E-state index is -0.226. The third-order valence-corrected chi connectivity index (χ3v) is 1.96. The molecule has 0 aliphatic heterocycles. The fourth-order valence-electron chi connectivity index (χ4n) is 1.08. The Morgan fingerprint density at radius 2 is 2.00 bits per heavy atom. The van der Waals surface area contributed by atoms with Gasteiger partial charge in [0.1, 0.15) is 5.78 Å². The van der Waals surface area contributed by atoms with E-state index in [9.17, 15) is 9.59 Å². The number of nitrogens with one attached hydrogen (secondary N) is 2. The first-order valence-electron chi connectivity index (χ1n) is 4.88. The molecule has 0 saturated heterocycles. The summed E-state index contributed by atoms with van der Waals surface area (Å²) in [5.41, 5.74) is 5.10. The van der Waals surface area contributed by atoms with E-state index in [4.69, 9.17) is 5.73 Å². The molecule has 0 aliphatic rings. The van der Waals surface area contributed by atoms with Crippen LogP contribution in [0.2, 0.25) is 0 Å². The van der Waals surface area contributed by atoms with Crippen LogP contribution >= 0.6 is 0 Å². The Balaban J connectivity index is 3.73. The molecule has 0 spiro atoms. The second-order valence-corrected chi connectivity index (χ2v) is 2.97. The van der Waals surface area contributed by atoms with Gasteiger partial charge in [-0.3, -0.25) is 14.9 Å². The lowest BCUT2D eigenvalue weighted by Crippen LogP contribution is -2.44. The van der Waals surface area contributed by atoms with Crippen molar-refractivity contribution in [2.45, 2.75) is 32.7 Å². The lowest BCUT2D eigenvalue weighted by Gasteiger charge is -2.15. The van der Waals surface area contributed by atoms with Gasteiger partial charge in [0.05, 0.1) is 19.3 Å². The first kappa shape index (κ1) is 13.1. The summed E-state index contributed by atoms with van der Waals surface area (Å²) in [7, 11) is 0. The minimum absolute atomic E-state index is 0.0276. The van der Waals surface area contributed by atoms with Crippen molar-refractivity contribution < 1.29 is 9.59 Å². The molecule has 5 nitrogen and oxygen atoms in total. The molecule has 0 saturated carbocycles. The van der Waals surface area contributed by atoms with Crippen molar-refractivity contribution >= 4 is 11.7 Å². The highest BCUT2D eigenvalue weighted by molar-refractivity contribution is 5.83. The lowest BCUT2D eigenvalue weighted by atomic mass is 10.1. The molecule has 1 amide bonds. The molecule has 0 unspecified atom stereocenters. The van der Waals surface area contributed by atoms with E-state index < -0.39 is 0 Å². The number of nitrogens with two attached hydrogens (primary N) is 1. The first-order valence-corrected chi connectivity index (χ1v) is 4.88. The molecule has 4 N–H and O–H groups in total. The second-order valence-electron chi connectivity index (χ2n) is 2.97. The number of hydrogen-bond acceptors (Lipinski definition) is 4. The topological polar surface area (TPSA) is 84.2 Å². The second kappa shape index (κ2) is 7.46. The zero-order valence-corrected chi connectivity index (χ0v) is 8.80. The van der Waals surface area contributed by atoms with Gasteiger partial charge in [0.25, 0.3) is 0 Å². The van der Waals surface area contributed by atoms with Crippen LogP contribution in [-0.4, -0.2) is 30.9 Å². The Kier molecular flexibility index (Phi) is 6.96. The predicted octanol–water partition coefficient (Wildman–Crippen LogP) is -0.634. The Morgan fingerprint density at radius 3 is 2.43 bits per heavy atom. The molecule has 0 aromatic carbocycles. The molecule has 0 fully saturated rings. The molecule has 0 heterocycles. The van der Waals surface area contributed by atoms with Crippen LogP contribution in [-0.2, 0) is 9.59 Å². The van der Waals surface area contributed by atoms with Gasteiger partial charge in [0.15, 0.2) is 0 Å². The zero-order chi connectivity index (χ0) is 11.0. The molecule has 0 radical (unpaired) electrons. The summed E-state index contributed by atoms with van der Waals surface area (Å²) in [6, 6.07) is -0.168. The quantitative estimate of drug-likeness (QED) is 0.479. The van der Waals surface area contributed by atoms with Crippen molar-refractivity contribution in [3.63, 3.8) is 0 Å². The number of rotatable bonds is 7. The number of ketones is 1. The molecule has 1 atom stereocenters. The molecule has 0 aliphatic carbocycles. The van der Waals surface area contributed by atoms with Crippen molar-refractivity contribution in [2.75, 3.05) is 13.2 Å². The number of carbonyl (C=O) groups is 2. The maximum atomic E-state index is 11.3. The van der Waals surface area contributed by atoms with Gasteiger partial charge in [0.2, 0.25) is 5.91 Å². The molecule has 0 rings (SSSR count). The summed E-state index contributed by atoms with van der Waals surface area (Å²) in [6.07, 6.45) is 1.24. The third-order valence-electron chi connectivity index (χ3n) is 1.96. The van der Waals surface area contributed by atoms with Crippen LogP contribution in [0.3, 0.4) is 0 Å². The van der Waals surface area contributed by atoms with E-state index in [-0.39, 0.29) is 24.3 Å². The summed E-state index contributed by atoms with van der Waals surface area (Å²) >= 11 is 0. The van der Waals surface area contributed by atoms with E-state index in [1.807, 2.05) is 13.8 Å². The monoisotopic (exact) mass is 201 g/mol. The van der Waals surface area contributed by atoms with Crippen molar-refractivity contribution in [1.82, 2.24) is 10.6 Å². The minimum Gasteiger partial charge on any atom is -0.342 e. The van der Waals surface area contributed by atoms with Gasteiger partial charge in [-0.2, -0.15) is 0 Å². The average molecular weight is 201 g/mol. The number of hydrogen-bond donors (Lipinski definition) is 3.